The van der Waals surface area contributed by atoms with Gasteiger partial charge in [0.05, 0.1) is 35.1 Å². The Bertz CT molecular complexity index is 1760. The van der Waals surface area contributed by atoms with Gasteiger partial charge in [-0.3, -0.25) is 14.0 Å². The number of hydrogen-bond acceptors (Lipinski definition) is 6. The van der Waals surface area contributed by atoms with E-state index in [-0.39, 0.29) is 10.8 Å². The van der Waals surface area contributed by atoms with E-state index in [1.807, 2.05) is 54.6 Å². The fourth-order valence-corrected chi connectivity index (χ4v) is 7.33. The van der Waals surface area contributed by atoms with Crippen LogP contribution in [-0.2, 0) is 30.7 Å². The van der Waals surface area contributed by atoms with E-state index in [4.69, 9.17) is 9.47 Å². The van der Waals surface area contributed by atoms with E-state index in [2.05, 4.69) is 15.2 Å². The zero-order valence-electron chi connectivity index (χ0n) is 22.4. The van der Waals surface area contributed by atoms with Crippen LogP contribution in [0.4, 0.5) is 11.4 Å². The van der Waals surface area contributed by atoms with E-state index in [0.717, 1.165) is 29.6 Å². The van der Waals surface area contributed by atoms with Crippen molar-refractivity contribution in [2.75, 3.05) is 55.6 Å². The summed E-state index contributed by atoms with van der Waals surface area (Å²) in [5, 5.41) is 3.90. The van der Waals surface area contributed by atoms with Crippen LogP contribution in [0, 0.1) is 0 Å². The highest BCUT2D eigenvalue weighted by Gasteiger charge is 2.35. The summed E-state index contributed by atoms with van der Waals surface area (Å²) in [6.07, 6.45) is 0.660. The molecular formula is C31H30N4O5S. The molecule has 4 aromatic rings. The zero-order chi connectivity index (χ0) is 28.0. The van der Waals surface area contributed by atoms with Crippen molar-refractivity contribution < 1.29 is 22.7 Å². The number of H-pyrrole nitrogens is 1. The monoisotopic (exact) mass is 570 g/mol. The van der Waals surface area contributed by atoms with Crippen LogP contribution in [0.15, 0.2) is 77.7 Å². The molecule has 1 amide bonds. The number of amides is 1. The van der Waals surface area contributed by atoms with Crippen LogP contribution in [0.2, 0.25) is 0 Å². The third-order valence-corrected chi connectivity index (χ3v) is 9.74. The van der Waals surface area contributed by atoms with Crippen molar-refractivity contribution in [3.8, 4) is 0 Å². The second-order valence-electron chi connectivity index (χ2n) is 10.4. The molecule has 3 aromatic carbocycles. The quantitative estimate of drug-likeness (QED) is 0.256. The Labute approximate surface area is 238 Å². The van der Waals surface area contributed by atoms with Gasteiger partial charge in [-0.05, 0) is 48.4 Å². The SMILES string of the molecule is O=C1Nc2ccc(S(=O)(=O)N3CCc4ccccc43)cc2C1=C(OCCN1CCOCC1)c1cc2ccccc2[nH]1. The summed E-state index contributed by atoms with van der Waals surface area (Å²) in [7, 11) is -3.85. The fraction of sp³-hybridized carbons (Fsp3) is 0.258. The molecule has 3 aliphatic heterocycles. The van der Waals surface area contributed by atoms with Crippen LogP contribution in [-0.4, -0.2) is 70.2 Å². The lowest BCUT2D eigenvalue weighted by atomic mass is 10.0. The molecule has 3 aliphatic rings. The number of nitrogens with one attached hydrogen (secondary N) is 2. The molecule has 0 radical (unpaired) electrons. The smallest absolute Gasteiger partial charge is 0.264 e. The predicted molar refractivity (Wildman–Crippen MR) is 158 cm³/mol. The minimum Gasteiger partial charge on any atom is -0.489 e. The fourth-order valence-electron chi connectivity index (χ4n) is 5.80. The number of carbonyl (C=O) groups is 1. The standard InChI is InChI=1S/C31H30N4O5S/c36-31-29(30(40-18-15-34-13-16-39-17-14-34)27-19-22-6-1-3-7-25(22)32-27)24-20-23(9-10-26(24)33-31)41(37,38)35-12-11-21-5-2-4-8-28(21)35/h1-10,19-20,32H,11-18H2,(H,33,36). The van der Waals surface area contributed by atoms with Gasteiger partial charge in [0, 0.05) is 48.3 Å². The minimum atomic E-state index is -3.85. The summed E-state index contributed by atoms with van der Waals surface area (Å²) in [6, 6.07) is 22.2. The average Bonchev–Trinajstić information content (AvgIpc) is 3.70. The maximum absolute atomic E-state index is 13.8. The van der Waals surface area contributed by atoms with Gasteiger partial charge in [0.2, 0.25) is 0 Å². The molecule has 0 atom stereocenters. The highest BCUT2D eigenvalue weighted by atomic mass is 32.2. The Hall–Kier alpha value is -4.12. The van der Waals surface area contributed by atoms with Crippen LogP contribution in [0.25, 0.3) is 22.2 Å². The number of morpholine rings is 1. The predicted octanol–water partition coefficient (Wildman–Crippen LogP) is 4.09. The number of ether oxygens (including phenoxy) is 2. The molecule has 0 saturated carbocycles. The number of para-hydroxylation sites is 2. The second-order valence-corrected chi connectivity index (χ2v) is 12.3. The van der Waals surface area contributed by atoms with Gasteiger partial charge in [-0.25, -0.2) is 8.42 Å². The molecule has 10 heteroatoms. The number of aromatic nitrogens is 1. The first-order valence-electron chi connectivity index (χ1n) is 13.8. The molecule has 1 saturated heterocycles. The number of aromatic amines is 1. The molecule has 2 N–H and O–H groups in total. The summed E-state index contributed by atoms with van der Waals surface area (Å²) < 4.78 is 41.0. The van der Waals surface area contributed by atoms with Gasteiger partial charge in [0.15, 0.2) is 5.76 Å². The summed E-state index contributed by atoms with van der Waals surface area (Å²) in [5.41, 5.74) is 4.65. The first-order chi connectivity index (χ1) is 20.0. The van der Waals surface area contributed by atoms with Gasteiger partial charge < -0.3 is 19.8 Å². The normalized spacial score (nSPS) is 18.3. The van der Waals surface area contributed by atoms with Gasteiger partial charge in [0.1, 0.15) is 6.61 Å². The maximum atomic E-state index is 13.8. The van der Waals surface area contributed by atoms with E-state index in [0.29, 0.717) is 73.3 Å². The van der Waals surface area contributed by atoms with Crippen LogP contribution in [0.1, 0.15) is 16.8 Å². The summed E-state index contributed by atoms with van der Waals surface area (Å²) in [4.78, 5) is 19.2. The van der Waals surface area contributed by atoms with Crippen LogP contribution < -0.4 is 9.62 Å². The highest BCUT2D eigenvalue weighted by molar-refractivity contribution is 7.92. The van der Waals surface area contributed by atoms with Gasteiger partial charge in [0.25, 0.3) is 15.9 Å². The van der Waals surface area contributed by atoms with E-state index in [9.17, 15) is 13.2 Å². The Morgan fingerprint density at radius 2 is 1.76 bits per heavy atom. The van der Waals surface area contributed by atoms with E-state index in [1.165, 1.54) is 4.31 Å². The molecule has 1 fully saturated rings. The molecule has 0 unspecified atom stereocenters. The maximum Gasteiger partial charge on any atom is 0.264 e. The van der Waals surface area contributed by atoms with Gasteiger partial charge in [-0.15, -0.1) is 0 Å². The second kappa shape index (κ2) is 10.4. The lowest BCUT2D eigenvalue weighted by Crippen LogP contribution is -2.38. The summed E-state index contributed by atoms with van der Waals surface area (Å²) in [5.74, 6) is 0.0628. The number of benzene rings is 3. The molecule has 0 spiro atoms. The Balaban J connectivity index is 1.29. The first kappa shape index (κ1) is 25.8. The highest BCUT2D eigenvalue weighted by Crippen LogP contribution is 2.40. The lowest BCUT2D eigenvalue weighted by molar-refractivity contribution is -0.110. The topological polar surface area (TPSA) is 104 Å². The van der Waals surface area contributed by atoms with E-state index in [1.54, 1.807) is 18.2 Å². The van der Waals surface area contributed by atoms with Crippen molar-refractivity contribution >= 4 is 49.5 Å². The van der Waals surface area contributed by atoms with Crippen LogP contribution in [0.5, 0.6) is 0 Å². The lowest BCUT2D eigenvalue weighted by Gasteiger charge is -2.26. The Kier molecular flexibility index (Phi) is 6.53. The number of sulfonamides is 1. The molecule has 9 nitrogen and oxygen atoms in total. The third-order valence-electron chi connectivity index (χ3n) is 7.93. The molecule has 7 rings (SSSR count). The zero-order valence-corrected chi connectivity index (χ0v) is 23.2. The van der Waals surface area contributed by atoms with E-state index < -0.39 is 10.0 Å². The molecule has 41 heavy (non-hydrogen) atoms. The van der Waals surface area contributed by atoms with Crippen molar-refractivity contribution in [3.63, 3.8) is 0 Å². The number of hydrogen-bond donors (Lipinski definition) is 2. The Morgan fingerprint density at radius 1 is 0.951 bits per heavy atom. The molecule has 4 heterocycles. The van der Waals surface area contributed by atoms with Crippen LogP contribution >= 0.6 is 0 Å². The van der Waals surface area contributed by atoms with Gasteiger partial charge >= 0.3 is 0 Å². The molecule has 210 valence electrons. The number of rotatable bonds is 7. The largest absolute Gasteiger partial charge is 0.489 e. The molecule has 0 aliphatic carbocycles. The summed E-state index contributed by atoms with van der Waals surface area (Å²) in [6.45, 7) is 4.44. The number of anilines is 2. The summed E-state index contributed by atoms with van der Waals surface area (Å²) >= 11 is 0. The van der Waals surface area contributed by atoms with Crippen molar-refractivity contribution in [3.05, 3.63) is 89.6 Å². The number of carbonyl (C=O) groups excluding carboxylic acids is 1. The third kappa shape index (κ3) is 4.67. The number of nitrogens with zero attached hydrogens (tertiary/aromatic N) is 2. The number of fused-ring (bicyclic) bond motifs is 3. The Morgan fingerprint density at radius 3 is 2.61 bits per heavy atom. The molecular weight excluding hydrogens is 540 g/mol. The molecule has 1 aromatic heterocycles. The van der Waals surface area contributed by atoms with Crippen molar-refractivity contribution in [1.29, 1.82) is 0 Å². The average molecular weight is 571 g/mol. The van der Waals surface area contributed by atoms with Gasteiger partial charge in [-0.2, -0.15) is 0 Å². The molecule has 0 bridgehead atoms. The van der Waals surface area contributed by atoms with Crippen molar-refractivity contribution in [1.82, 2.24) is 9.88 Å². The van der Waals surface area contributed by atoms with Crippen molar-refractivity contribution in [2.24, 2.45) is 0 Å². The minimum absolute atomic E-state index is 0.131. The van der Waals surface area contributed by atoms with Crippen molar-refractivity contribution in [2.45, 2.75) is 11.3 Å². The first-order valence-corrected chi connectivity index (χ1v) is 15.2. The van der Waals surface area contributed by atoms with Gasteiger partial charge in [-0.1, -0.05) is 36.4 Å². The van der Waals surface area contributed by atoms with Crippen LogP contribution in [0.3, 0.4) is 0 Å². The van der Waals surface area contributed by atoms with E-state index >= 15 is 0 Å².